The standard InChI is InChI=1S/C8H8O.C3H4O2/c9-8-5-2-1-3(5)7(8)4(1)6(2)8;1-2-3(4)5/h1-7,9H;2H,1H2,(H,4,5). The van der Waals surface area contributed by atoms with E-state index in [4.69, 9.17) is 5.11 Å². The maximum Gasteiger partial charge on any atom is 0.327 e. The highest BCUT2D eigenvalue weighted by atomic mass is 16.4. The molecule has 6 aliphatic rings. The molecular weight excluding hydrogens is 180 g/mol. The topological polar surface area (TPSA) is 57.5 Å². The molecule has 2 N–H and O–H groups in total. The van der Waals surface area contributed by atoms with E-state index in [2.05, 4.69) is 6.58 Å². The first-order valence-corrected chi connectivity index (χ1v) is 5.21. The number of aliphatic carboxylic acids is 1. The van der Waals surface area contributed by atoms with Crippen LogP contribution < -0.4 is 0 Å². The van der Waals surface area contributed by atoms with Crippen LogP contribution in [0.15, 0.2) is 12.7 Å². The van der Waals surface area contributed by atoms with E-state index in [9.17, 15) is 9.90 Å². The highest BCUT2D eigenvalue weighted by Gasteiger charge is 3.04. The summed E-state index contributed by atoms with van der Waals surface area (Å²) in [7, 11) is 0. The molecule has 0 unspecified atom stereocenters. The van der Waals surface area contributed by atoms with Crippen LogP contribution in [0.5, 0.6) is 0 Å². The van der Waals surface area contributed by atoms with Gasteiger partial charge in [0.2, 0.25) is 0 Å². The number of carboxylic acids is 1. The lowest BCUT2D eigenvalue weighted by Crippen LogP contribution is -3.08. The van der Waals surface area contributed by atoms with Gasteiger partial charge in [0, 0.05) is 6.08 Å². The Balaban J connectivity index is 0.000000104. The lowest BCUT2D eigenvalue weighted by atomic mass is 8.99. The molecule has 0 saturated heterocycles. The second-order valence-corrected chi connectivity index (χ2v) is 5.32. The second-order valence-electron chi connectivity index (χ2n) is 5.32. The van der Waals surface area contributed by atoms with E-state index in [1.165, 1.54) is 0 Å². The summed E-state index contributed by atoms with van der Waals surface area (Å²) >= 11 is 0. The van der Waals surface area contributed by atoms with Crippen molar-refractivity contribution < 1.29 is 15.0 Å². The van der Waals surface area contributed by atoms with Crippen molar-refractivity contribution in [2.75, 3.05) is 0 Å². The summed E-state index contributed by atoms with van der Waals surface area (Å²) in [5, 5.41) is 17.4. The molecular formula is C11H12O3. The Kier molecular flexibility index (Phi) is 0.889. The van der Waals surface area contributed by atoms with E-state index in [-0.39, 0.29) is 5.60 Å². The van der Waals surface area contributed by atoms with Gasteiger partial charge in [-0.1, -0.05) is 6.58 Å². The van der Waals surface area contributed by atoms with Gasteiger partial charge in [0.15, 0.2) is 0 Å². The van der Waals surface area contributed by atoms with Gasteiger partial charge in [-0.15, -0.1) is 0 Å². The molecule has 6 saturated carbocycles. The Bertz CT molecular complexity index is 322. The highest BCUT2D eigenvalue weighted by Crippen LogP contribution is 3.02. The van der Waals surface area contributed by atoms with Gasteiger partial charge in [0.1, 0.15) is 0 Å². The first-order valence-electron chi connectivity index (χ1n) is 5.21. The summed E-state index contributed by atoms with van der Waals surface area (Å²) < 4.78 is 0. The van der Waals surface area contributed by atoms with E-state index in [1.807, 2.05) is 0 Å². The summed E-state index contributed by atoms with van der Waals surface area (Å²) in [4.78, 5) is 9.25. The molecule has 0 aromatic rings. The lowest BCUT2D eigenvalue weighted by molar-refractivity contribution is -0.621. The number of carbonyl (C=O) groups is 1. The predicted molar refractivity (Wildman–Crippen MR) is 47.2 cm³/mol. The van der Waals surface area contributed by atoms with Gasteiger partial charge in [0.05, 0.1) is 5.60 Å². The largest absolute Gasteiger partial charge is 0.478 e. The molecule has 0 aromatic heterocycles. The van der Waals surface area contributed by atoms with Crippen LogP contribution in [0.3, 0.4) is 0 Å². The summed E-state index contributed by atoms with van der Waals surface area (Å²) in [6.07, 6.45) is 0.833. The summed E-state index contributed by atoms with van der Waals surface area (Å²) in [5.74, 6) is 5.83. The van der Waals surface area contributed by atoms with Gasteiger partial charge in [-0.25, -0.2) is 4.79 Å². The quantitative estimate of drug-likeness (QED) is 0.589. The smallest absolute Gasteiger partial charge is 0.327 e. The predicted octanol–water partition coefficient (Wildman–Crippen LogP) is 0.356. The Morgan fingerprint density at radius 3 is 1.64 bits per heavy atom. The molecule has 0 heterocycles. The zero-order chi connectivity index (χ0) is 9.83. The number of hydrogen-bond donors (Lipinski definition) is 2. The van der Waals surface area contributed by atoms with Crippen molar-refractivity contribution >= 4 is 5.97 Å². The van der Waals surface area contributed by atoms with Gasteiger partial charge in [-0.3, -0.25) is 0 Å². The van der Waals surface area contributed by atoms with E-state index in [0.717, 1.165) is 47.5 Å². The third-order valence-electron chi connectivity index (χ3n) is 5.60. The molecule has 0 spiro atoms. The van der Waals surface area contributed by atoms with Crippen molar-refractivity contribution in [1.82, 2.24) is 0 Å². The molecule has 0 bridgehead atoms. The van der Waals surface area contributed by atoms with Crippen LogP contribution in [0.1, 0.15) is 0 Å². The molecule has 0 radical (unpaired) electrons. The molecule has 0 amide bonds. The Morgan fingerprint density at radius 2 is 1.50 bits per heavy atom. The number of rotatable bonds is 1. The minimum atomic E-state index is -0.981. The second kappa shape index (κ2) is 1.67. The van der Waals surface area contributed by atoms with Gasteiger partial charge in [0.25, 0.3) is 0 Å². The molecule has 0 aromatic carbocycles. The van der Waals surface area contributed by atoms with Crippen molar-refractivity contribution in [3.05, 3.63) is 12.7 Å². The first-order chi connectivity index (χ1) is 6.64. The monoisotopic (exact) mass is 192 g/mol. The number of aliphatic hydroxyl groups is 1. The third-order valence-corrected chi connectivity index (χ3v) is 5.60. The average Bonchev–Trinajstić information content (AvgIpc) is 2.19. The molecule has 3 nitrogen and oxygen atoms in total. The van der Waals surface area contributed by atoms with Gasteiger partial charge in [-0.05, 0) is 41.4 Å². The number of carboxylic acid groups (broad SMARTS) is 1. The normalized spacial score (nSPS) is 70.2. The minimum Gasteiger partial charge on any atom is -0.478 e. The zero-order valence-corrected chi connectivity index (χ0v) is 7.63. The van der Waals surface area contributed by atoms with Gasteiger partial charge < -0.3 is 10.2 Å². The lowest BCUT2D eigenvalue weighted by Gasteiger charge is -3.05. The van der Waals surface area contributed by atoms with E-state index in [1.54, 1.807) is 0 Å². The maximum atomic E-state index is 9.80. The van der Waals surface area contributed by atoms with Crippen LogP contribution >= 0.6 is 0 Å². The van der Waals surface area contributed by atoms with Crippen molar-refractivity contribution in [3.8, 4) is 0 Å². The van der Waals surface area contributed by atoms with Gasteiger partial charge >= 0.3 is 5.97 Å². The average molecular weight is 192 g/mol. The fraction of sp³-hybridized carbons (Fsp3) is 0.727. The summed E-state index contributed by atoms with van der Waals surface area (Å²) in [5.41, 5.74) is -0.0330. The van der Waals surface area contributed by atoms with Crippen LogP contribution in [0.4, 0.5) is 0 Å². The fourth-order valence-corrected chi connectivity index (χ4v) is 5.37. The van der Waals surface area contributed by atoms with Crippen molar-refractivity contribution in [2.24, 2.45) is 41.4 Å². The van der Waals surface area contributed by atoms with E-state index < -0.39 is 5.97 Å². The summed E-state index contributed by atoms with van der Waals surface area (Å²) in [6, 6.07) is 0. The van der Waals surface area contributed by atoms with Crippen LogP contribution in [-0.2, 0) is 4.79 Å². The van der Waals surface area contributed by atoms with Crippen molar-refractivity contribution in [3.63, 3.8) is 0 Å². The molecule has 6 aliphatic carbocycles. The minimum absolute atomic E-state index is 0.0330. The van der Waals surface area contributed by atoms with Crippen LogP contribution in [0.25, 0.3) is 0 Å². The molecule has 0 atom stereocenters. The molecule has 6 fully saturated rings. The summed E-state index contributed by atoms with van der Waals surface area (Å²) in [6.45, 7) is 2.96. The van der Waals surface area contributed by atoms with Crippen LogP contribution in [-0.4, -0.2) is 21.8 Å². The molecule has 14 heavy (non-hydrogen) atoms. The Morgan fingerprint density at radius 1 is 1.14 bits per heavy atom. The zero-order valence-electron chi connectivity index (χ0n) is 7.63. The highest BCUT2D eigenvalue weighted by molar-refractivity contribution is 5.78. The molecule has 74 valence electrons. The third kappa shape index (κ3) is 0.380. The molecule has 0 aliphatic heterocycles. The molecule has 6 rings (SSSR count). The first kappa shape index (κ1) is 7.46. The SMILES string of the molecule is C=CC(=O)O.OC12C3C4C5C3C1C5C42. The molecule has 3 heteroatoms. The number of hydrogen-bond acceptors (Lipinski definition) is 2. The van der Waals surface area contributed by atoms with Crippen molar-refractivity contribution in [2.45, 2.75) is 5.60 Å². The van der Waals surface area contributed by atoms with E-state index >= 15 is 0 Å². The van der Waals surface area contributed by atoms with Gasteiger partial charge in [-0.2, -0.15) is 0 Å². The van der Waals surface area contributed by atoms with E-state index in [0.29, 0.717) is 0 Å². The van der Waals surface area contributed by atoms with Crippen LogP contribution in [0.2, 0.25) is 0 Å². The Hall–Kier alpha value is -0.830. The van der Waals surface area contributed by atoms with Crippen LogP contribution in [0, 0.1) is 41.4 Å². The fourth-order valence-electron chi connectivity index (χ4n) is 5.37. The van der Waals surface area contributed by atoms with Crippen molar-refractivity contribution in [1.29, 1.82) is 0 Å². The Labute approximate surface area is 81.4 Å². The maximum absolute atomic E-state index is 9.80.